The summed E-state index contributed by atoms with van der Waals surface area (Å²) in [7, 11) is 2.07. The topological polar surface area (TPSA) is 66.6 Å². The quantitative estimate of drug-likeness (QED) is 0.714. The first kappa shape index (κ1) is 17.5. The molecule has 1 saturated heterocycles. The highest BCUT2D eigenvalue weighted by Gasteiger charge is 2.29. The highest BCUT2D eigenvalue weighted by Crippen LogP contribution is 2.23. The van der Waals surface area contributed by atoms with Crippen molar-refractivity contribution in [1.82, 2.24) is 24.3 Å². The fourth-order valence-electron chi connectivity index (χ4n) is 3.80. The third-order valence-electron chi connectivity index (χ3n) is 5.36. The number of aromatic nitrogens is 4. The summed E-state index contributed by atoms with van der Waals surface area (Å²) >= 11 is 0. The third-order valence-corrected chi connectivity index (χ3v) is 5.36. The van der Waals surface area contributed by atoms with E-state index in [-0.39, 0.29) is 5.91 Å². The molecule has 7 nitrogen and oxygen atoms in total. The zero-order valence-corrected chi connectivity index (χ0v) is 16.0. The Morgan fingerprint density at radius 3 is 2.70 bits per heavy atom. The molecule has 0 bridgehead atoms. The number of nitrogens with zero attached hydrogens (tertiary/aromatic N) is 6. The Bertz CT molecular complexity index is 974. The molecule has 0 unspecified atom stereocenters. The summed E-state index contributed by atoms with van der Waals surface area (Å²) in [5, 5.41) is 0. The molecule has 4 rings (SSSR count). The number of amides is 1. The van der Waals surface area contributed by atoms with Crippen LogP contribution in [-0.4, -0.2) is 56.3 Å². The minimum atomic E-state index is 0.0604. The van der Waals surface area contributed by atoms with E-state index in [2.05, 4.69) is 26.9 Å². The van der Waals surface area contributed by atoms with Crippen molar-refractivity contribution in [2.24, 2.45) is 0 Å². The molecule has 1 amide bonds. The zero-order valence-electron chi connectivity index (χ0n) is 16.0. The predicted octanol–water partition coefficient (Wildman–Crippen LogP) is 2.48. The van der Waals surface area contributed by atoms with E-state index in [1.807, 2.05) is 53.6 Å². The van der Waals surface area contributed by atoms with E-state index in [0.29, 0.717) is 11.7 Å². The maximum atomic E-state index is 13.1. The molecule has 0 N–H and O–H groups in total. The second kappa shape index (κ2) is 6.98. The molecule has 0 atom stereocenters. The largest absolute Gasteiger partial charge is 0.356 e. The molecule has 0 spiro atoms. The molecule has 1 aliphatic rings. The van der Waals surface area contributed by atoms with Crippen LogP contribution in [0.3, 0.4) is 0 Å². The van der Waals surface area contributed by atoms with Crippen LogP contribution in [0, 0.1) is 13.8 Å². The molecule has 0 aliphatic carbocycles. The average molecular weight is 364 g/mol. The van der Waals surface area contributed by atoms with Crippen molar-refractivity contribution in [3.63, 3.8) is 0 Å². The van der Waals surface area contributed by atoms with E-state index in [0.717, 1.165) is 48.8 Å². The van der Waals surface area contributed by atoms with E-state index in [1.165, 1.54) is 0 Å². The van der Waals surface area contributed by atoms with Crippen molar-refractivity contribution in [2.45, 2.75) is 32.7 Å². The summed E-state index contributed by atoms with van der Waals surface area (Å²) in [5.74, 6) is 0.995. The Morgan fingerprint density at radius 1 is 1.19 bits per heavy atom. The number of aryl methyl sites for hydroxylation is 2. The van der Waals surface area contributed by atoms with Gasteiger partial charge in [-0.1, -0.05) is 6.07 Å². The smallest absolute Gasteiger partial charge is 0.272 e. The van der Waals surface area contributed by atoms with Gasteiger partial charge in [-0.2, -0.15) is 0 Å². The molecule has 0 aromatic carbocycles. The van der Waals surface area contributed by atoms with Gasteiger partial charge in [0, 0.05) is 44.1 Å². The standard InChI is InChI=1S/C20H24N6O/c1-14-12-18(22-13-21-14)24(3)16-7-10-25(11-8-16)20(27)19-15(2)23-17-6-4-5-9-26(17)19/h4-6,9,12-13,16H,7-8,10-11H2,1-3H3. The molecule has 3 aromatic rings. The van der Waals surface area contributed by atoms with Gasteiger partial charge >= 0.3 is 0 Å². The fraction of sp³-hybridized carbons (Fsp3) is 0.400. The highest BCUT2D eigenvalue weighted by molar-refractivity contribution is 5.94. The number of carbonyl (C=O) groups excluding carboxylic acids is 1. The van der Waals surface area contributed by atoms with Crippen LogP contribution in [0.25, 0.3) is 5.65 Å². The highest BCUT2D eigenvalue weighted by atomic mass is 16.2. The second-order valence-electron chi connectivity index (χ2n) is 7.13. The summed E-state index contributed by atoms with van der Waals surface area (Å²) in [5.41, 5.74) is 3.22. The van der Waals surface area contributed by atoms with Crippen LogP contribution >= 0.6 is 0 Å². The summed E-state index contributed by atoms with van der Waals surface area (Å²) in [6, 6.07) is 8.15. The van der Waals surface area contributed by atoms with Gasteiger partial charge in [0.1, 0.15) is 23.5 Å². The minimum Gasteiger partial charge on any atom is -0.356 e. The van der Waals surface area contributed by atoms with Crippen LogP contribution in [0.15, 0.2) is 36.8 Å². The maximum Gasteiger partial charge on any atom is 0.272 e. The summed E-state index contributed by atoms with van der Waals surface area (Å²) in [4.78, 5) is 30.3. The Labute approximate surface area is 158 Å². The van der Waals surface area contributed by atoms with Crippen LogP contribution in [0.2, 0.25) is 0 Å². The van der Waals surface area contributed by atoms with Crippen LogP contribution < -0.4 is 4.90 Å². The maximum absolute atomic E-state index is 13.1. The Morgan fingerprint density at radius 2 is 1.96 bits per heavy atom. The summed E-state index contributed by atoms with van der Waals surface area (Å²) in [6.45, 7) is 5.34. The number of pyridine rings is 1. The van der Waals surface area contributed by atoms with Crippen molar-refractivity contribution in [2.75, 3.05) is 25.0 Å². The van der Waals surface area contributed by atoms with Crippen LogP contribution in [-0.2, 0) is 0 Å². The average Bonchev–Trinajstić information content (AvgIpc) is 3.02. The van der Waals surface area contributed by atoms with Gasteiger partial charge in [0.15, 0.2) is 0 Å². The molecule has 27 heavy (non-hydrogen) atoms. The molecule has 3 aromatic heterocycles. The first-order valence-corrected chi connectivity index (χ1v) is 9.29. The Hall–Kier alpha value is -2.96. The number of hydrogen-bond donors (Lipinski definition) is 0. The minimum absolute atomic E-state index is 0.0604. The molecular weight excluding hydrogens is 340 g/mol. The molecule has 0 radical (unpaired) electrons. The number of piperidine rings is 1. The lowest BCUT2D eigenvalue weighted by atomic mass is 10.0. The fourth-order valence-corrected chi connectivity index (χ4v) is 3.80. The number of rotatable bonds is 3. The molecule has 4 heterocycles. The number of likely N-dealkylation sites (tertiary alicyclic amines) is 1. The van der Waals surface area contributed by atoms with Crippen molar-refractivity contribution in [3.05, 3.63) is 53.9 Å². The lowest BCUT2D eigenvalue weighted by molar-refractivity contribution is 0.0705. The van der Waals surface area contributed by atoms with Crippen LogP contribution in [0.4, 0.5) is 5.82 Å². The Kier molecular flexibility index (Phi) is 4.51. The Balaban J connectivity index is 1.47. The van der Waals surface area contributed by atoms with Gasteiger partial charge in [-0.05, 0) is 38.8 Å². The SMILES string of the molecule is Cc1cc(N(C)C2CCN(C(=O)c3c(C)nc4ccccn34)CC2)ncn1. The van der Waals surface area contributed by atoms with Crippen molar-refractivity contribution in [3.8, 4) is 0 Å². The van der Waals surface area contributed by atoms with Crippen molar-refractivity contribution >= 4 is 17.4 Å². The lowest BCUT2D eigenvalue weighted by Crippen LogP contribution is -2.46. The van der Waals surface area contributed by atoms with Gasteiger partial charge in [-0.3, -0.25) is 9.20 Å². The number of hydrogen-bond acceptors (Lipinski definition) is 5. The number of fused-ring (bicyclic) bond motifs is 1. The first-order valence-electron chi connectivity index (χ1n) is 9.29. The predicted molar refractivity (Wildman–Crippen MR) is 104 cm³/mol. The van der Waals surface area contributed by atoms with E-state index in [9.17, 15) is 4.79 Å². The monoisotopic (exact) mass is 364 g/mol. The van der Waals surface area contributed by atoms with E-state index >= 15 is 0 Å². The van der Waals surface area contributed by atoms with Crippen molar-refractivity contribution < 1.29 is 4.79 Å². The van der Waals surface area contributed by atoms with Crippen molar-refractivity contribution in [1.29, 1.82) is 0 Å². The van der Waals surface area contributed by atoms with Crippen LogP contribution in [0.5, 0.6) is 0 Å². The normalized spacial score (nSPS) is 15.3. The van der Waals surface area contributed by atoms with Gasteiger partial charge < -0.3 is 9.80 Å². The first-order chi connectivity index (χ1) is 13.0. The van der Waals surface area contributed by atoms with Gasteiger partial charge in [-0.15, -0.1) is 0 Å². The molecule has 0 saturated carbocycles. The number of anilines is 1. The van der Waals surface area contributed by atoms with Crippen LogP contribution in [0.1, 0.15) is 34.7 Å². The molecule has 7 heteroatoms. The molecule has 140 valence electrons. The second-order valence-corrected chi connectivity index (χ2v) is 7.13. The molecule has 1 fully saturated rings. The number of imidazole rings is 1. The third kappa shape index (κ3) is 3.25. The zero-order chi connectivity index (χ0) is 19.0. The van der Waals surface area contributed by atoms with Gasteiger partial charge in [0.05, 0.1) is 5.69 Å². The van der Waals surface area contributed by atoms with Gasteiger partial charge in [0.25, 0.3) is 5.91 Å². The lowest BCUT2D eigenvalue weighted by Gasteiger charge is -2.37. The van der Waals surface area contributed by atoms with E-state index in [1.54, 1.807) is 6.33 Å². The van der Waals surface area contributed by atoms with Gasteiger partial charge in [-0.25, -0.2) is 15.0 Å². The summed E-state index contributed by atoms with van der Waals surface area (Å²) in [6.07, 6.45) is 5.34. The summed E-state index contributed by atoms with van der Waals surface area (Å²) < 4.78 is 1.89. The van der Waals surface area contributed by atoms with Gasteiger partial charge in [0.2, 0.25) is 0 Å². The molecule has 1 aliphatic heterocycles. The number of carbonyl (C=O) groups is 1. The van der Waals surface area contributed by atoms with E-state index < -0.39 is 0 Å². The van der Waals surface area contributed by atoms with E-state index in [4.69, 9.17) is 0 Å². The molecular formula is C20H24N6O.